The molecule has 1 aliphatic rings. The van der Waals surface area contributed by atoms with Gasteiger partial charge in [0.25, 0.3) is 0 Å². The number of nitrogens with one attached hydrogen (secondary N) is 2. The zero-order valence-corrected chi connectivity index (χ0v) is 21.4. The molecule has 0 saturated carbocycles. The fraction of sp³-hybridized carbons (Fsp3) is 0.542. The highest BCUT2D eigenvalue weighted by molar-refractivity contribution is 7.80. The van der Waals surface area contributed by atoms with Crippen molar-refractivity contribution >= 4 is 40.7 Å². The number of hydrogen-bond donors (Lipinski definition) is 2. The molecule has 1 fully saturated rings. The standard InChI is InChI=1S/C24H31N3O6S/c1-23(2,3)33-22(30)20-13(8-9-17(28)31-6)14(10-18(29)32-7)19(27-20)15(12-25)21-24(4,5)11-16(34)26-21/h27H,8-11H2,1-7H3,(H,26,34)/b21-15-. The smallest absolute Gasteiger partial charge is 0.355 e. The number of aromatic amines is 1. The fourth-order valence-electron chi connectivity index (χ4n) is 3.79. The maximum Gasteiger partial charge on any atom is 0.355 e. The van der Waals surface area contributed by atoms with E-state index >= 15 is 0 Å². The van der Waals surface area contributed by atoms with Gasteiger partial charge in [0.1, 0.15) is 17.4 Å². The van der Waals surface area contributed by atoms with Crippen molar-refractivity contribution < 1.29 is 28.6 Å². The van der Waals surface area contributed by atoms with E-state index in [1.165, 1.54) is 14.2 Å². The summed E-state index contributed by atoms with van der Waals surface area (Å²) in [5.74, 6) is -1.71. The van der Waals surface area contributed by atoms with Gasteiger partial charge in [-0.25, -0.2) is 4.79 Å². The summed E-state index contributed by atoms with van der Waals surface area (Å²) in [6, 6.07) is 2.20. The summed E-state index contributed by atoms with van der Waals surface area (Å²) in [7, 11) is 2.52. The van der Waals surface area contributed by atoms with E-state index in [1.54, 1.807) is 20.8 Å². The van der Waals surface area contributed by atoms with Crippen molar-refractivity contribution in [1.82, 2.24) is 10.3 Å². The van der Waals surface area contributed by atoms with Gasteiger partial charge >= 0.3 is 17.9 Å². The molecule has 2 rings (SSSR count). The van der Waals surface area contributed by atoms with Crippen LogP contribution in [0.3, 0.4) is 0 Å². The molecular weight excluding hydrogens is 458 g/mol. The van der Waals surface area contributed by atoms with Crippen molar-refractivity contribution in [1.29, 1.82) is 5.26 Å². The maximum absolute atomic E-state index is 13.1. The minimum atomic E-state index is -0.789. The van der Waals surface area contributed by atoms with Crippen LogP contribution >= 0.6 is 12.2 Å². The molecule has 2 N–H and O–H groups in total. The third-order valence-corrected chi connectivity index (χ3v) is 5.58. The van der Waals surface area contributed by atoms with Crippen molar-refractivity contribution in [2.75, 3.05) is 14.2 Å². The van der Waals surface area contributed by atoms with E-state index in [2.05, 4.69) is 16.4 Å². The highest BCUT2D eigenvalue weighted by Crippen LogP contribution is 2.40. The lowest BCUT2D eigenvalue weighted by atomic mass is 9.85. The van der Waals surface area contributed by atoms with Gasteiger partial charge < -0.3 is 24.5 Å². The summed E-state index contributed by atoms with van der Waals surface area (Å²) in [5.41, 5.74) is 0.688. The summed E-state index contributed by atoms with van der Waals surface area (Å²) in [6.45, 7) is 9.08. The molecule has 2 heterocycles. The molecule has 0 aromatic carbocycles. The number of thiocarbonyl (C=S) groups is 1. The molecule has 0 atom stereocenters. The first-order chi connectivity index (χ1) is 15.7. The van der Waals surface area contributed by atoms with Gasteiger partial charge in [0.2, 0.25) is 0 Å². The van der Waals surface area contributed by atoms with Crippen molar-refractivity contribution in [2.24, 2.45) is 5.41 Å². The van der Waals surface area contributed by atoms with Gasteiger partial charge in [-0.05, 0) is 38.3 Å². The van der Waals surface area contributed by atoms with E-state index in [9.17, 15) is 19.6 Å². The van der Waals surface area contributed by atoms with Crippen LogP contribution < -0.4 is 5.32 Å². The van der Waals surface area contributed by atoms with Crippen LogP contribution in [-0.2, 0) is 36.6 Å². The Morgan fingerprint density at radius 2 is 1.71 bits per heavy atom. The highest BCUT2D eigenvalue weighted by atomic mass is 32.1. The van der Waals surface area contributed by atoms with Gasteiger partial charge in [0, 0.05) is 24.0 Å². The minimum absolute atomic E-state index is 0.0376. The normalized spacial score (nSPS) is 16.4. The number of H-pyrrole nitrogens is 1. The molecule has 1 saturated heterocycles. The van der Waals surface area contributed by atoms with Gasteiger partial charge in [-0.2, -0.15) is 5.26 Å². The molecule has 1 aromatic rings. The number of nitriles is 1. The van der Waals surface area contributed by atoms with Gasteiger partial charge in [-0.3, -0.25) is 9.59 Å². The molecule has 0 spiro atoms. The molecule has 34 heavy (non-hydrogen) atoms. The maximum atomic E-state index is 13.1. The molecule has 0 radical (unpaired) electrons. The Bertz CT molecular complexity index is 1090. The Hall–Kier alpha value is -3.19. The van der Waals surface area contributed by atoms with Gasteiger partial charge in [-0.1, -0.05) is 26.1 Å². The Kier molecular flexibility index (Phi) is 8.26. The number of carbonyl (C=O) groups excluding carboxylic acids is 3. The molecule has 1 aromatic heterocycles. The second-order valence-electron chi connectivity index (χ2n) is 9.63. The number of esters is 3. The monoisotopic (exact) mass is 489 g/mol. The molecular formula is C24H31N3O6S. The number of ether oxygens (including phenoxy) is 3. The number of nitrogens with zero attached hydrogens (tertiary/aromatic N) is 1. The van der Waals surface area contributed by atoms with Gasteiger partial charge in [-0.15, -0.1) is 0 Å². The predicted molar refractivity (Wildman–Crippen MR) is 129 cm³/mol. The zero-order chi connectivity index (χ0) is 25.8. The van der Waals surface area contributed by atoms with Gasteiger partial charge in [0.05, 0.1) is 36.9 Å². The van der Waals surface area contributed by atoms with E-state index in [0.29, 0.717) is 28.2 Å². The van der Waals surface area contributed by atoms with E-state index in [0.717, 1.165) is 0 Å². The van der Waals surface area contributed by atoms with Crippen LogP contribution in [0.5, 0.6) is 0 Å². The summed E-state index contributed by atoms with van der Waals surface area (Å²) in [4.78, 5) is 40.9. The lowest BCUT2D eigenvalue weighted by molar-refractivity contribution is -0.140. The highest BCUT2D eigenvalue weighted by Gasteiger charge is 2.37. The topological polar surface area (TPSA) is 131 Å². The van der Waals surface area contributed by atoms with Crippen LogP contribution in [0.2, 0.25) is 0 Å². The predicted octanol–water partition coefficient (Wildman–Crippen LogP) is 3.37. The fourth-order valence-corrected chi connectivity index (χ4v) is 4.25. The Morgan fingerprint density at radius 3 is 2.18 bits per heavy atom. The molecule has 1 aliphatic heterocycles. The first-order valence-corrected chi connectivity index (χ1v) is 11.2. The lowest BCUT2D eigenvalue weighted by Gasteiger charge is -2.20. The molecule has 0 unspecified atom stereocenters. The molecule has 184 valence electrons. The number of carbonyl (C=O) groups is 3. The summed E-state index contributed by atoms with van der Waals surface area (Å²) in [6.07, 6.45) is 0.381. The average molecular weight is 490 g/mol. The average Bonchev–Trinajstić information content (AvgIpc) is 3.21. The van der Waals surface area contributed by atoms with E-state index in [4.69, 9.17) is 26.4 Å². The van der Waals surface area contributed by atoms with E-state index in [1.807, 2.05) is 13.8 Å². The van der Waals surface area contributed by atoms with Crippen LogP contribution in [0.4, 0.5) is 0 Å². The molecule has 0 aliphatic carbocycles. The Morgan fingerprint density at radius 1 is 1.09 bits per heavy atom. The molecule has 9 nitrogen and oxygen atoms in total. The summed E-state index contributed by atoms with van der Waals surface area (Å²) < 4.78 is 15.2. The van der Waals surface area contributed by atoms with E-state index < -0.39 is 28.9 Å². The zero-order valence-electron chi connectivity index (χ0n) is 20.6. The van der Waals surface area contributed by atoms with Crippen molar-refractivity contribution in [3.8, 4) is 6.07 Å². The first-order valence-electron chi connectivity index (χ1n) is 10.8. The van der Waals surface area contributed by atoms with Crippen molar-refractivity contribution in [3.63, 3.8) is 0 Å². The lowest BCUT2D eigenvalue weighted by Crippen LogP contribution is -2.25. The largest absolute Gasteiger partial charge is 0.469 e. The number of hydrogen-bond acceptors (Lipinski definition) is 8. The second kappa shape index (κ2) is 10.4. The number of methoxy groups -OCH3 is 2. The summed E-state index contributed by atoms with van der Waals surface area (Å²) >= 11 is 5.34. The minimum Gasteiger partial charge on any atom is -0.469 e. The SMILES string of the molecule is COC(=O)CCc1c(C(=O)OC(C)(C)C)[nH]c(/C(C#N)=C2\NC(=S)CC2(C)C)c1CC(=O)OC. The van der Waals surface area contributed by atoms with Crippen LogP contribution in [0.15, 0.2) is 5.70 Å². The van der Waals surface area contributed by atoms with Crippen molar-refractivity contribution in [3.05, 3.63) is 28.2 Å². The Labute approximate surface area is 204 Å². The number of aromatic nitrogens is 1. The third-order valence-electron chi connectivity index (χ3n) is 5.33. The first kappa shape index (κ1) is 27.1. The number of allylic oxidation sites excluding steroid dienone is 2. The number of rotatable bonds is 7. The van der Waals surface area contributed by atoms with E-state index in [-0.39, 0.29) is 36.2 Å². The van der Waals surface area contributed by atoms with Crippen LogP contribution in [0.1, 0.15) is 74.8 Å². The summed E-state index contributed by atoms with van der Waals surface area (Å²) in [5, 5.41) is 13.2. The molecule has 10 heteroatoms. The van der Waals surface area contributed by atoms with Gasteiger partial charge in [0.15, 0.2) is 0 Å². The van der Waals surface area contributed by atoms with Crippen molar-refractivity contribution in [2.45, 2.75) is 65.9 Å². The Balaban J connectivity index is 2.81. The van der Waals surface area contributed by atoms with Crippen LogP contribution in [0, 0.1) is 16.7 Å². The molecule has 0 amide bonds. The molecule has 0 bridgehead atoms. The quantitative estimate of drug-likeness (QED) is 0.256. The third kappa shape index (κ3) is 6.23. The van der Waals surface area contributed by atoms with Crippen LogP contribution in [0.25, 0.3) is 5.57 Å². The van der Waals surface area contributed by atoms with Crippen LogP contribution in [-0.4, -0.2) is 47.7 Å². The second-order valence-corrected chi connectivity index (χ2v) is 10.1.